The van der Waals surface area contributed by atoms with Gasteiger partial charge in [0.15, 0.2) is 0 Å². The number of halogens is 2. The van der Waals surface area contributed by atoms with Crippen molar-refractivity contribution in [3.8, 4) is 28.3 Å². The summed E-state index contributed by atoms with van der Waals surface area (Å²) in [6, 6.07) is 6.90. The molecule has 3 aromatic rings. The second-order valence-corrected chi connectivity index (χ2v) is 6.97. The van der Waals surface area contributed by atoms with Gasteiger partial charge in [-0.05, 0) is 42.8 Å². The normalized spacial score (nSPS) is 13.3. The molecular formula is C22H19F2N3O2. The van der Waals surface area contributed by atoms with Gasteiger partial charge in [-0.25, -0.2) is 13.8 Å². The molecule has 148 valence electrons. The van der Waals surface area contributed by atoms with Gasteiger partial charge in [0.25, 0.3) is 0 Å². The summed E-state index contributed by atoms with van der Waals surface area (Å²) in [5.41, 5.74) is 1.75. The molecule has 0 unspecified atom stereocenters. The van der Waals surface area contributed by atoms with Gasteiger partial charge >= 0.3 is 0 Å². The third-order valence-corrected chi connectivity index (χ3v) is 5.16. The van der Waals surface area contributed by atoms with E-state index in [2.05, 4.69) is 11.6 Å². The van der Waals surface area contributed by atoms with Crippen molar-refractivity contribution < 1.29 is 18.7 Å². The van der Waals surface area contributed by atoms with Crippen molar-refractivity contribution in [2.45, 2.75) is 20.0 Å². The molecule has 1 aliphatic rings. The molecule has 0 aliphatic carbocycles. The van der Waals surface area contributed by atoms with Crippen LogP contribution in [-0.2, 0) is 17.9 Å². The highest BCUT2D eigenvalue weighted by molar-refractivity contribution is 5.87. The van der Waals surface area contributed by atoms with Crippen LogP contribution < -0.4 is 0 Å². The lowest BCUT2D eigenvalue weighted by Gasteiger charge is -2.28. The summed E-state index contributed by atoms with van der Waals surface area (Å²) in [4.78, 5) is 17.9. The van der Waals surface area contributed by atoms with Gasteiger partial charge in [0.1, 0.15) is 23.2 Å². The van der Waals surface area contributed by atoms with Crippen LogP contribution in [0.4, 0.5) is 8.78 Å². The number of phenols is 1. The van der Waals surface area contributed by atoms with Gasteiger partial charge < -0.3 is 14.6 Å². The average Bonchev–Trinajstić information content (AvgIpc) is 3.12. The van der Waals surface area contributed by atoms with Crippen molar-refractivity contribution in [1.82, 2.24) is 14.5 Å². The monoisotopic (exact) mass is 395 g/mol. The SMILES string of the molecule is C=CC(=O)N1CCn2c(cnc2-c2cc(C)c(-c3c(O)cccc3F)c(F)c2)C1. The number of nitrogens with zero attached hydrogens (tertiary/aromatic N) is 3. The molecule has 1 aromatic heterocycles. The fourth-order valence-electron chi connectivity index (χ4n) is 3.78. The van der Waals surface area contributed by atoms with E-state index in [1.165, 1.54) is 30.3 Å². The first kappa shape index (κ1) is 18.9. The zero-order chi connectivity index (χ0) is 20.7. The Kier molecular flexibility index (Phi) is 4.66. The Labute approximate surface area is 166 Å². The summed E-state index contributed by atoms with van der Waals surface area (Å²) in [6.45, 7) is 6.61. The van der Waals surface area contributed by atoms with E-state index in [1.807, 2.05) is 4.57 Å². The lowest BCUT2D eigenvalue weighted by Crippen LogP contribution is -2.37. The highest BCUT2D eigenvalue weighted by Crippen LogP contribution is 2.38. The van der Waals surface area contributed by atoms with Crippen LogP contribution in [0, 0.1) is 18.6 Å². The molecule has 29 heavy (non-hydrogen) atoms. The predicted octanol–water partition coefficient (Wildman–Crippen LogP) is 4.04. The first-order valence-electron chi connectivity index (χ1n) is 9.14. The first-order chi connectivity index (χ1) is 13.9. The van der Waals surface area contributed by atoms with Crippen LogP contribution in [-0.4, -0.2) is 32.0 Å². The fourth-order valence-corrected chi connectivity index (χ4v) is 3.78. The number of imidazole rings is 1. The number of aromatic nitrogens is 2. The van der Waals surface area contributed by atoms with Crippen LogP contribution in [0.2, 0.25) is 0 Å². The summed E-state index contributed by atoms with van der Waals surface area (Å²) in [5.74, 6) is -1.21. The number of carbonyl (C=O) groups excluding carboxylic acids is 1. The van der Waals surface area contributed by atoms with Gasteiger partial charge in [-0.15, -0.1) is 0 Å². The summed E-state index contributed by atoms with van der Waals surface area (Å²) in [7, 11) is 0. The molecule has 2 heterocycles. The molecule has 4 rings (SSSR count). The maximum absolute atomic E-state index is 15.0. The second kappa shape index (κ2) is 7.16. The van der Waals surface area contributed by atoms with Crippen molar-refractivity contribution in [3.63, 3.8) is 0 Å². The smallest absolute Gasteiger partial charge is 0.246 e. The maximum atomic E-state index is 15.0. The third kappa shape index (κ3) is 3.18. The van der Waals surface area contributed by atoms with Gasteiger partial charge in [-0.3, -0.25) is 4.79 Å². The van der Waals surface area contributed by atoms with E-state index < -0.39 is 11.6 Å². The number of benzene rings is 2. The van der Waals surface area contributed by atoms with Gasteiger partial charge in [0.05, 0.1) is 24.0 Å². The lowest BCUT2D eigenvalue weighted by atomic mass is 9.96. The molecular weight excluding hydrogens is 376 g/mol. The summed E-state index contributed by atoms with van der Waals surface area (Å²) in [6.07, 6.45) is 2.95. The number of hydrogen-bond acceptors (Lipinski definition) is 3. The van der Waals surface area contributed by atoms with Crippen LogP contribution in [0.5, 0.6) is 5.75 Å². The highest BCUT2D eigenvalue weighted by Gasteiger charge is 2.24. The molecule has 5 nitrogen and oxygen atoms in total. The van der Waals surface area contributed by atoms with Gasteiger partial charge in [-0.2, -0.15) is 0 Å². The highest BCUT2D eigenvalue weighted by atomic mass is 19.1. The number of carbonyl (C=O) groups is 1. The van der Waals surface area contributed by atoms with E-state index in [9.17, 15) is 14.3 Å². The quantitative estimate of drug-likeness (QED) is 0.681. The zero-order valence-electron chi connectivity index (χ0n) is 15.8. The van der Waals surface area contributed by atoms with E-state index >= 15 is 4.39 Å². The molecule has 7 heteroatoms. The van der Waals surface area contributed by atoms with Crippen LogP contribution in [0.15, 0.2) is 49.2 Å². The second-order valence-electron chi connectivity index (χ2n) is 6.97. The lowest BCUT2D eigenvalue weighted by molar-refractivity contribution is -0.127. The van der Waals surface area contributed by atoms with E-state index in [0.29, 0.717) is 36.6 Å². The molecule has 0 saturated heterocycles. The van der Waals surface area contributed by atoms with Crippen molar-refractivity contribution >= 4 is 5.91 Å². The molecule has 0 spiro atoms. The Bertz CT molecular complexity index is 1090. The molecule has 0 bridgehead atoms. The van der Waals surface area contributed by atoms with Crippen molar-refractivity contribution in [1.29, 1.82) is 0 Å². The van der Waals surface area contributed by atoms with E-state index in [4.69, 9.17) is 0 Å². The molecule has 1 N–H and O–H groups in total. The number of rotatable bonds is 3. The predicted molar refractivity (Wildman–Crippen MR) is 105 cm³/mol. The fraction of sp³-hybridized carbons (Fsp3) is 0.182. The Balaban J connectivity index is 1.75. The number of phenolic OH excluding ortho intramolecular Hbond substituents is 1. The van der Waals surface area contributed by atoms with Crippen molar-refractivity contribution in [3.05, 3.63) is 72.1 Å². The number of aryl methyl sites for hydroxylation is 1. The van der Waals surface area contributed by atoms with E-state index in [0.717, 1.165) is 5.69 Å². The van der Waals surface area contributed by atoms with Crippen LogP contribution in [0.1, 0.15) is 11.3 Å². The molecule has 0 atom stereocenters. The van der Waals surface area contributed by atoms with Crippen LogP contribution >= 0.6 is 0 Å². The zero-order valence-corrected chi connectivity index (χ0v) is 15.8. The standard InChI is InChI=1S/C22H19F2N3O2/c1-3-19(29)26-7-8-27-15(12-26)11-25-22(27)14-9-13(2)20(17(24)10-14)21-16(23)5-4-6-18(21)28/h3-6,9-11,28H,1,7-8,12H2,2H3. The molecule has 0 fully saturated rings. The minimum Gasteiger partial charge on any atom is -0.507 e. The number of fused-ring (bicyclic) bond motifs is 1. The maximum Gasteiger partial charge on any atom is 0.246 e. The Morgan fingerprint density at radius 1 is 1.21 bits per heavy atom. The summed E-state index contributed by atoms with van der Waals surface area (Å²) in [5, 5.41) is 10.0. The number of aromatic hydroxyl groups is 1. The summed E-state index contributed by atoms with van der Waals surface area (Å²) < 4.78 is 31.2. The van der Waals surface area contributed by atoms with Gasteiger partial charge in [0.2, 0.25) is 5.91 Å². The third-order valence-electron chi connectivity index (χ3n) is 5.16. The molecule has 1 aliphatic heterocycles. The summed E-state index contributed by atoms with van der Waals surface area (Å²) >= 11 is 0. The van der Waals surface area contributed by atoms with E-state index in [-0.39, 0.29) is 22.8 Å². The Morgan fingerprint density at radius 3 is 2.69 bits per heavy atom. The van der Waals surface area contributed by atoms with Crippen molar-refractivity contribution in [2.24, 2.45) is 0 Å². The molecule has 0 saturated carbocycles. The minimum atomic E-state index is -0.690. The topological polar surface area (TPSA) is 58.4 Å². The average molecular weight is 395 g/mol. The largest absolute Gasteiger partial charge is 0.507 e. The molecule has 2 aromatic carbocycles. The number of hydrogen-bond donors (Lipinski definition) is 1. The van der Waals surface area contributed by atoms with Crippen LogP contribution in [0.3, 0.4) is 0 Å². The van der Waals surface area contributed by atoms with Gasteiger partial charge in [-0.1, -0.05) is 12.6 Å². The Hall–Kier alpha value is -3.48. The van der Waals surface area contributed by atoms with Gasteiger partial charge in [0, 0.05) is 24.2 Å². The Morgan fingerprint density at radius 2 is 2.00 bits per heavy atom. The molecule has 0 radical (unpaired) electrons. The minimum absolute atomic E-state index is 0.0255. The first-order valence-corrected chi connectivity index (χ1v) is 9.14. The number of amides is 1. The van der Waals surface area contributed by atoms with E-state index in [1.54, 1.807) is 24.1 Å². The van der Waals surface area contributed by atoms with Crippen molar-refractivity contribution in [2.75, 3.05) is 6.54 Å². The van der Waals surface area contributed by atoms with Crippen LogP contribution in [0.25, 0.3) is 22.5 Å². The molecule has 1 amide bonds.